The molecule has 3 nitrogen and oxygen atoms in total. The summed E-state index contributed by atoms with van der Waals surface area (Å²) >= 11 is 3.14. The monoisotopic (exact) mass is 296 g/mol. The first-order valence-electron chi connectivity index (χ1n) is 3.57. The maximum absolute atomic E-state index is 11.1. The van der Waals surface area contributed by atoms with E-state index in [0.29, 0.717) is 10.0 Å². The first-order valence-corrected chi connectivity index (χ1v) is 6.68. The average Bonchev–Trinajstić information content (AvgIpc) is 2.02. The van der Waals surface area contributed by atoms with Gasteiger partial charge >= 0.3 is 0 Å². The van der Waals surface area contributed by atoms with Crippen LogP contribution in [0.5, 0.6) is 0 Å². The molecule has 0 aliphatic rings. The zero-order valence-corrected chi connectivity index (χ0v) is 10.3. The predicted molar refractivity (Wildman–Crippen MR) is 57.2 cm³/mol. The quantitative estimate of drug-likeness (QED) is 0.623. The third-order valence-electron chi connectivity index (χ3n) is 1.60. The highest BCUT2D eigenvalue weighted by Gasteiger charge is 2.13. The molecule has 0 unspecified atom stereocenters. The Morgan fingerprint density at radius 3 is 2.43 bits per heavy atom. The lowest BCUT2D eigenvalue weighted by Gasteiger charge is -2.01. The van der Waals surface area contributed by atoms with E-state index in [4.69, 9.17) is 10.7 Å². The standard InChI is InChI=1S/C8H6BrClO3S/c1-5(11)7-4-6(14(10,12)13)2-3-8(7)9/h2-4H,1H3. The van der Waals surface area contributed by atoms with Crippen LogP contribution in [0.1, 0.15) is 17.3 Å². The van der Waals surface area contributed by atoms with E-state index in [1.54, 1.807) is 0 Å². The van der Waals surface area contributed by atoms with Crippen molar-refractivity contribution < 1.29 is 13.2 Å². The summed E-state index contributed by atoms with van der Waals surface area (Å²) in [4.78, 5) is 11.0. The Bertz CT molecular complexity index is 481. The fourth-order valence-corrected chi connectivity index (χ4v) is 2.23. The van der Waals surface area contributed by atoms with Crippen molar-refractivity contribution in [2.45, 2.75) is 11.8 Å². The van der Waals surface area contributed by atoms with Crippen molar-refractivity contribution in [3.63, 3.8) is 0 Å². The molecule has 1 rings (SSSR count). The molecule has 76 valence electrons. The van der Waals surface area contributed by atoms with Gasteiger partial charge in [-0.2, -0.15) is 0 Å². The van der Waals surface area contributed by atoms with Crippen LogP contribution in [0, 0.1) is 0 Å². The van der Waals surface area contributed by atoms with Crippen molar-refractivity contribution in [2.24, 2.45) is 0 Å². The highest BCUT2D eigenvalue weighted by Crippen LogP contribution is 2.23. The van der Waals surface area contributed by atoms with Gasteiger partial charge in [-0.05, 0) is 25.1 Å². The van der Waals surface area contributed by atoms with Crippen LogP contribution in [0.25, 0.3) is 0 Å². The second kappa shape index (κ2) is 4.00. The SMILES string of the molecule is CC(=O)c1cc(S(=O)(=O)Cl)ccc1Br. The molecule has 0 N–H and O–H groups in total. The third kappa shape index (κ3) is 2.56. The minimum atomic E-state index is -3.78. The van der Waals surface area contributed by atoms with Gasteiger partial charge in [0.1, 0.15) is 0 Å². The van der Waals surface area contributed by atoms with Crippen molar-refractivity contribution in [1.29, 1.82) is 0 Å². The Labute approximate surface area is 94.6 Å². The second-order valence-corrected chi connectivity index (χ2v) is 6.06. The van der Waals surface area contributed by atoms with Gasteiger partial charge in [0, 0.05) is 20.7 Å². The van der Waals surface area contributed by atoms with Gasteiger partial charge in [0.15, 0.2) is 5.78 Å². The van der Waals surface area contributed by atoms with Gasteiger partial charge in [0.2, 0.25) is 0 Å². The van der Waals surface area contributed by atoms with Gasteiger partial charge in [-0.1, -0.05) is 15.9 Å². The van der Waals surface area contributed by atoms with Crippen LogP contribution in [0.2, 0.25) is 0 Å². The molecule has 0 bridgehead atoms. The van der Waals surface area contributed by atoms with Crippen molar-refractivity contribution >= 4 is 41.4 Å². The van der Waals surface area contributed by atoms with E-state index >= 15 is 0 Å². The molecule has 6 heteroatoms. The first kappa shape index (κ1) is 11.7. The van der Waals surface area contributed by atoms with E-state index in [1.807, 2.05) is 0 Å². The Hall–Kier alpha value is -0.390. The molecule has 0 saturated heterocycles. The summed E-state index contributed by atoms with van der Waals surface area (Å²) in [5, 5.41) is 0. The third-order valence-corrected chi connectivity index (χ3v) is 3.64. The van der Waals surface area contributed by atoms with Gasteiger partial charge in [-0.25, -0.2) is 8.42 Å². The highest BCUT2D eigenvalue weighted by molar-refractivity contribution is 9.10. The lowest BCUT2D eigenvalue weighted by Crippen LogP contribution is -1.98. The Kier molecular flexibility index (Phi) is 3.34. The minimum Gasteiger partial charge on any atom is -0.294 e. The molecule has 0 radical (unpaired) electrons. The molecule has 0 fully saturated rings. The van der Waals surface area contributed by atoms with Crippen LogP contribution in [0.4, 0.5) is 0 Å². The van der Waals surface area contributed by atoms with Crippen molar-refractivity contribution in [2.75, 3.05) is 0 Å². The van der Waals surface area contributed by atoms with Crippen LogP contribution >= 0.6 is 26.6 Å². The Balaban J connectivity index is 3.42. The normalized spacial score (nSPS) is 11.4. The van der Waals surface area contributed by atoms with Crippen LogP contribution in [0.15, 0.2) is 27.6 Å². The van der Waals surface area contributed by atoms with Crippen LogP contribution in [0.3, 0.4) is 0 Å². The number of rotatable bonds is 2. The number of ketones is 1. The molecular formula is C8H6BrClO3S. The van der Waals surface area contributed by atoms with E-state index in [9.17, 15) is 13.2 Å². The van der Waals surface area contributed by atoms with Crippen LogP contribution < -0.4 is 0 Å². The topological polar surface area (TPSA) is 51.2 Å². The zero-order valence-electron chi connectivity index (χ0n) is 7.12. The van der Waals surface area contributed by atoms with Crippen LogP contribution in [-0.2, 0) is 9.05 Å². The summed E-state index contributed by atoms with van der Waals surface area (Å²) in [5.74, 6) is -0.223. The molecule has 0 aromatic heterocycles. The fraction of sp³-hybridized carbons (Fsp3) is 0.125. The number of benzene rings is 1. The van der Waals surface area contributed by atoms with E-state index in [-0.39, 0.29) is 10.7 Å². The molecule has 0 spiro atoms. The lowest BCUT2D eigenvalue weighted by atomic mass is 10.1. The smallest absolute Gasteiger partial charge is 0.261 e. The summed E-state index contributed by atoms with van der Waals surface area (Å²) in [7, 11) is 1.36. The molecule has 0 aliphatic heterocycles. The van der Waals surface area contributed by atoms with Crippen LogP contribution in [-0.4, -0.2) is 14.2 Å². The maximum Gasteiger partial charge on any atom is 0.261 e. The summed E-state index contributed by atoms with van der Waals surface area (Å²) in [6.07, 6.45) is 0. The number of Topliss-reactive ketones (excluding diaryl/α,β-unsaturated/α-hetero) is 1. The van der Waals surface area contributed by atoms with Gasteiger partial charge in [0.25, 0.3) is 9.05 Å². The lowest BCUT2D eigenvalue weighted by molar-refractivity contribution is 0.101. The van der Waals surface area contributed by atoms with Crippen molar-refractivity contribution in [1.82, 2.24) is 0 Å². The van der Waals surface area contributed by atoms with E-state index in [0.717, 1.165) is 0 Å². The van der Waals surface area contributed by atoms with Gasteiger partial charge in [-0.15, -0.1) is 0 Å². The molecule has 0 heterocycles. The molecule has 14 heavy (non-hydrogen) atoms. The van der Waals surface area contributed by atoms with E-state index < -0.39 is 9.05 Å². The molecule has 0 saturated carbocycles. The van der Waals surface area contributed by atoms with Crippen molar-refractivity contribution in [3.8, 4) is 0 Å². The predicted octanol–water partition coefficient (Wildman–Crippen LogP) is 2.58. The molecule has 0 aliphatic carbocycles. The van der Waals surface area contributed by atoms with Gasteiger partial charge in [0.05, 0.1) is 4.90 Å². The number of carbonyl (C=O) groups is 1. The molecule has 0 atom stereocenters. The van der Waals surface area contributed by atoms with Gasteiger partial charge < -0.3 is 0 Å². The second-order valence-electron chi connectivity index (χ2n) is 2.64. The molecule has 1 aromatic carbocycles. The minimum absolute atomic E-state index is 0.0763. The number of carbonyl (C=O) groups excluding carboxylic acids is 1. The first-order chi connectivity index (χ1) is 6.32. The largest absolute Gasteiger partial charge is 0.294 e. The number of halogens is 2. The summed E-state index contributed by atoms with van der Waals surface area (Å²) in [5.41, 5.74) is 0.298. The fourth-order valence-electron chi connectivity index (χ4n) is 0.926. The maximum atomic E-state index is 11.1. The molecule has 1 aromatic rings. The average molecular weight is 298 g/mol. The Morgan fingerprint density at radius 2 is 2.00 bits per heavy atom. The number of hydrogen-bond donors (Lipinski definition) is 0. The van der Waals surface area contributed by atoms with E-state index in [1.165, 1.54) is 25.1 Å². The molecule has 0 amide bonds. The summed E-state index contributed by atoms with van der Waals surface area (Å²) in [6.45, 7) is 1.35. The molecular weight excluding hydrogens is 292 g/mol. The Morgan fingerprint density at radius 1 is 1.43 bits per heavy atom. The number of hydrogen-bond acceptors (Lipinski definition) is 3. The van der Waals surface area contributed by atoms with Gasteiger partial charge in [-0.3, -0.25) is 4.79 Å². The highest BCUT2D eigenvalue weighted by atomic mass is 79.9. The summed E-state index contributed by atoms with van der Waals surface area (Å²) < 4.78 is 22.5. The zero-order chi connectivity index (χ0) is 10.9. The summed E-state index contributed by atoms with van der Waals surface area (Å²) in [6, 6.07) is 4.06. The van der Waals surface area contributed by atoms with Crippen molar-refractivity contribution in [3.05, 3.63) is 28.2 Å². The van der Waals surface area contributed by atoms with E-state index in [2.05, 4.69) is 15.9 Å².